The van der Waals surface area contributed by atoms with Gasteiger partial charge < -0.3 is 18.6 Å². The maximum Gasteiger partial charge on any atom is 0.383 e. The molecule has 0 N–H and O–H groups in total. The molecule has 0 atom stereocenters. The fraction of sp³-hybridized carbons (Fsp3) is 0.217. The zero-order valence-electron chi connectivity index (χ0n) is 16.3. The second-order valence-corrected chi connectivity index (χ2v) is 6.18. The highest BCUT2D eigenvalue weighted by Gasteiger charge is 2.21. The summed E-state index contributed by atoms with van der Waals surface area (Å²) in [5.41, 5.74) is -0.136. The summed E-state index contributed by atoms with van der Waals surface area (Å²) in [6.45, 7) is 2.57. The zero-order chi connectivity index (χ0) is 20.6. The molecule has 0 radical (unpaired) electrons. The van der Waals surface area contributed by atoms with E-state index in [4.69, 9.17) is 18.6 Å². The lowest BCUT2D eigenvalue weighted by Crippen LogP contribution is -2.13. The number of hydrogen-bond acceptors (Lipinski definition) is 6. The number of benzene rings is 2. The fourth-order valence-electron chi connectivity index (χ4n) is 2.76. The standard InChI is InChI=1S/C23H22O6/c1-3-4-5-9-14-27-17-12-13-18-19(15-17)28-23(25)21(26-2)20(18)29-22(24)16-10-7-6-8-11-16/h4-8,10-13,15H,3,9,14H2,1-2H3/b5-4+. The first-order chi connectivity index (χ1) is 14.1. The molecule has 1 aromatic heterocycles. The number of carbonyl (C=O) groups is 1. The maximum absolute atomic E-state index is 12.5. The van der Waals surface area contributed by atoms with E-state index in [2.05, 4.69) is 13.0 Å². The van der Waals surface area contributed by atoms with Crippen LogP contribution in [0.1, 0.15) is 30.1 Å². The number of methoxy groups -OCH3 is 1. The van der Waals surface area contributed by atoms with Crippen LogP contribution in [0.4, 0.5) is 0 Å². The summed E-state index contributed by atoms with van der Waals surface area (Å²) in [7, 11) is 1.32. The molecule has 3 aromatic rings. The molecule has 0 fully saturated rings. The zero-order valence-corrected chi connectivity index (χ0v) is 16.3. The maximum atomic E-state index is 12.5. The first-order valence-electron chi connectivity index (χ1n) is 9.34. The van der Waals surface area contributed by atoms with E-state index in [1.54, 1.807) is 48.5 Å². The van der Waals surface area contributed by atoms with Crippen LogP contribution in [0.5, 0.6) is 17.2 Å². The highest BCUT2D eigenvalue weighted by atomic mass is 16.6. The second-order valence-electron chi connectivity index (χ2n) is 6.18. The van der Waals surface area contributed by atoms with Gasteiger partial charge in [-0.15, -0.1) is 0 Å². The van der Waals surface area contributed by atoms with Gasteiger partial charge in [0.2, 0.25) is 5.75 Å². The third kappa shape index (κ3) is 4.85. The van der Waals surface area contributed by atoms with E-state index < -0.39 is 11.6 Å². The lowest BCUT2D eigenvalue weighted by molar-refractivity contribution is 0.0731. The summed E-state index contributed by atoms with van der Waals surface area (Å²) < 4.78 is 21.7. The number of allylic oxidation sites excluding steroid dienone is 1. The molecule has 0 aliphatic carbocycles. The average molecular weight is 394 g/mol. The van der Waals surface area contributed by atoms with Crippen LogP contribution in [0.15, 0.2) is 69.9 Å². The monoisotopic (exact) mass is 394 g/mol. The minimum absolute atomic E-state index is 0.0185. The Morgan fingerprint density at radius 2 is 1.86 bits per heavy atom. The molecule has 0 amide bonds. The molecule has 29 heavy (non-hydrogen) atoms. The molecule has 0 aliphatic rings. The van der Waals surface area contributed by atoms with Crippen LogP contribution in [0.2, 0.25) is 0 Å². The molecule has 0 spiro atoms. The summed E-state index contributed by atoms with van der Waals surface area (Å²) in [5, 5.41) is 0.434. The normalized spacial score (nSPS) is 11.0. The minimum Gasteiger partial charge on any atom is -0.493 e. The van der Waals surface area contributed by atoms with Crippen molar-refractivity contribution >= 4 is 16.9 Å². The molecule has 0 saturated heterocycles. The van der Waals surface area contributed by atoms with Crippen molar-refractivity contribution in [1.29, 1.82) is 0 Å². The summed E-state index contributed by atoms with van der Waals surface area (Å²) >= 11 is 0. The lowest BCUT2D eigenvalue weighted by Gasteiger charge is -2.12. The van der Waals surface area contributed by atoms with Crippen LogP contribution in [0.3, 0.4) is 0 Å². The largest absolute Gasteiger partial charge is 0.493 e. The Hall–Kier alpha value is -3.54. The van der Waals surface area contributed by atoms with Crippen LogP contribution in [0, 0.1) is 0 Å². The molecular formula is C23H22O6. The van der Waals surface area contributed by atoms with Gasteiger partial charge in [0.15, 0.2) is 5.75 Å². The Balaban J connectivity index is 1.92. The van der Waals surface area contributed by atoms with Crippen molar-refractivity contribution in [2.24, 2.45) is 0 Å². The molecular weight excluding hydrogens is 372 g/mol. The van der Waals surface area contributed by atoms with E-state index in [-0.39, 0.29) is 17.1 Å². The molecule has 150 valence electrons. The third-order valence-corrected chi connectivity index (χ3v) is 4.16. The number of rotatable bonds is 8. The summed E-state index contributed by atoms with van der Waals surface area (Å²) in [4.78, 5) is 24.8. The van der Waals surface area contributed by atoms with Gasteiger partial charge in [0, 0.05) is 6.07 Å². The molecule has 2 aromatic carbocycles. The van der Waals surface area contributed by atoms with Gasteiger partial charge in [0.25, 0.3) is 0 Å². The van der Waals surface area contributed by atoms with Gasteiger partial charge in [-0.05, 0) is 37.1 Å². The molecule has 1 heterocycles. The van der Waals surface area contributed by atoms with Crippen LogP contribution < -0.4 is 19.8 Å². The predicted octanol–water partition coefficient (Wildman–Crippen LogP) is 4.76. The van der Waals surface area contributed by atoms with Gasteiger partial charge in [-0.3, -0.25) is 0 Å². The Morgan fingerprint density at radius 3 is 2.59 bits per heavy atom. The average Bonchev–Trinajstić information content (AvgIpc) is 2.74. The Kier molecular flexibility index (Phi) is 6.68. The van der Waals surface area contributed by atoms with Gasteiger partial charge in [-0.2, -0.15) is 0 Å². The van der Waals surface area contributed by atoms with Gasteiger partial charge in [-0.25, -0.2) is 9.59 Å². The topological polar surface area (TPSA) is 75.0 Å². The van der Waals surface area contributed by atoms with Crippen molar-refractivity contribution in [2.45, 2.75) is 19.8 Å². The van der Waals surface area contributed by atoms with E-state index >= 15 is 0 Å². The van der Waals surface area contributed by atoms with Crippen molar-refractivity contribution in [2.75, 3.05) is 13.7 Å². The Bertz CT molecular complexity index is 1070. The molecule has 0 unspecified atom stereocenters. The van der Waals surface area contributed by atoms with E-state index in [0.29, 0.717) is 23.3 Å². The molecule has 6 heteroatoms. The first-order valence-corrected chi connectivity index (χ1v) is 9.34. The SMILES string of the molecule is CC/C=C/CCOc1ccc2c(OC(=O)c3ccccc3)c(OC)c(=O)oc2c1. The van der Waals surface area contributed by atoms with Gasteiger partial charge in [0.05, 0.1) is 24.7 Å². The van der Waals surface area contributed by atoms with Crippen molar-refractivity contribution in [3.05, 3.63) is 76.7 Å². The van der Waals surface area contributed by atoms with Crippen molar-refractivity contribution in [3.8, 4) is 17.2 Å². The Morgan fingerprint density at radius 1 is 1.07 bits per heavy atom. The number of esters is 1. The number of fused-ring (bicyclic) bond motifs is 1. The fourth-order valence-corrected chi connectivity index (χ4v) is 2.76. The first kappa shape index (κ1) is 20.2. The van der Waals surface area contributed by atoms with Gasteiger partial charge in [-0.1, -0.05) is 37.3 Å². The van der Waals surface area contributed by atoms with E-state index in [9.17, 15) is 9.59 Å². The lowest BCUT2D eigenvalue weighted by atomic mass is 10.2. The molecule has 6 nitrogen and oxygen atoms in total. The van der Waals surface area contributed by atoms with Crippen LogP contribution >= 0.6 is 0 Å². The number of hydrogen-bond donors (Lipinski definition) is 0. The predicted molar refractivity (Wildman–Crippen MR) is 110 cm³/mol. The molecule has 0 saturated carbocycles. The van der Waals surface area contributed by atoms with E-state index in [0.717, 1.165) is 12.8 Å². The quantitative estimate of drug-likeness (QED) is 0.237. The minimum atomic E-state index is -0.737. The highest BCUT2D eigenvalue weighted by Crippen LogP contribution is 2.35. The third-order valence-electron chi connectivity index (χ3n) is 4.16. The molecule has 3 rings (SSSR count). The highest BCUT2D eigenvalue weighted by molar-refractivity contribution is 5.95. The van der Waals surface area contributed by atoms with Crippen LogP contribution in [-0.4, -0.2) is 19.7 Å². The van der Waals surface area contributed by atoms with Gasteiger partial charge in [0.1, 0.15) is 11.3 Å². The van der Waals surface area contributed by atoms with Crippen molar-refractivity contribution in [1.82, 2.24) is 0 Å². The van der Waals surface area contributed by atoms with E-state index in [1.807, 2.05) is 6.08 Å². The number of carbonyl (C=O) groups excluding carboxylic acids is 1. The van der Waals surface area contributed by atoms with Crippen molar-refractivity contribution < 1.29 is 23.4 Å². The summed E-state index contributed by atoms with van der Waals surface area (Å²) in [5.74, 6) is -0.194. The van der Waals surface area contributed by atoms with Crippen LogP contribution in [0.25, 0.3) is 11.0 Å². The summed E-state index contributed by atoms with van der Waals surface area (Å²) in [6.07, 6.45) is 5.88. The molecule has 0 aliphatic heterocycles. The molecule has 0 bridgehead atoms. The smallest absolute Gasteiger partial charge is 0.383 e. The second kappa shape index (κ2) is 9.59. The summed E-state index contributed by atoms with van der Waals surface area (Å²) in [6, 6.07) is 13.5. The van der Waals surface area contributed by atoms with Crippen LogP contribution in [-0.2, 0) is 0 Å². The number of ether oxygens (including phenoxy) is 3. The Labute approximate surface area is 168 Å². The van der Waals surface area contributed by atoms with Crippen molar-refractivity contribution in [3.63, 3.8) is 0 Å². The van der Waals surface area contributed by atoms with E-state index in [1.165, 1.54) is 7.11 Å². The van der Waals surface area contributed by atoms with Gasteiger partial charge >= 0.3 is 11.6 Å².